The molecule has 2 fully saturated rings. The molecule has 0 aliphatic carbocycles. The molecule has 1 N–H and O–H groups in total. The molecule has 2 saturated heterocycles. The van der Waals surface area contributed by atoms with E-state index in [9.17, 15) is 14.7 Å². The summed E-state index contributed by atoms with van der Waals surface area (Å²) in [6.07, 6.45) is 0.760. The summed E-state index contributed by atoms with van der Waals surface area (Å²) in [5.74, 6) is -0.659. The van der Waals surface area contributed by atoms with Crippen LogP contribution < -0.4 is 4.74 Å². The maximum Gasteiger partial charge on any atom is 0.295 e. The predicted octanol–water partition coefficient (Wildman–Crippen LogP) is 3.93. The van der Waals surface area contributed by atoms with Crippen LogP contribution in [0.4, 0.5) is 0 Å². The first-order valence-electron chi connectivity index (χ1n) is 12.3. The van der Waals surface area contributed by atoms with E-state index >= 15 is 0 Å². The second-order valence-corrected chi connectivity index (χ2v) is 9.40. The van der Waals surface area contributed by atoms with Crippen molar-refractivity contribution in [3.63, 3.8) is 0 Å². The number of morpholine rings is 1. The first-order valence-corrected chi connectivity index (χ1v) is 12.3. The third-order valence-corrected chi connectivity index (χ3v) is 6.41. The molecule has 186 valence electrons. The molecule has 2 aromatic carbocycles. The van der Waals surface area contributed by atoms with Crippen LogP contribution in [0.2, 0.25) is 0 Å². The van der Waals surface area contributed by atoms with Crippen LogP contribution in [0, 0.1) is 6.92 Å². The first-order chi connectivity index (χ1) is 16.8. The van der Waals surface area contributed by atoms with Crippen molar-refractivity contribution in [2.24, 2.45) is 0 Å². The van der Waals surface area contributed by atoms with Crippen LogP contribution in [0.5, 0.6) is 5.75 Å². The van der Waals surface area contributed by atoms with Gasteiger partial charge in [0.2, 0.25) is 0 Å². The number of aryl methyl sites for hydroxylation is 1. The van der Waals surface area contributed by atoms with Gasteiger partial charge in [-0.2, -0.15) is 0 Å². The molecule has 0 bridgehead atoms. The van der Waals surface area contributed by atoms with Crippen LogP contribution >= 0.6 is 0 Å². The van der Waals surface area contributed by atoms with E-state index < -0.39 is 17.7 Å². The SMILES string of the molecule is Cc1ccc(C(O)=C2C(=O)C(=O)N(CCCN3CCOCC3)[C@H]2c2ccc(OC(C)C)cc2)cc1. The molecule has 0 radical (unpaired) electrons. The molecule has 1 amide bonds. The third-order valence-electron chi connectivity index (χ3n) is 6.41. The number of ether oxygens (including phenoxy) is 2. The van der Waals surface area contributed by atoms with E-state index in [1.54, 1.807) is 17.0 Å². The van der Waals surface area contributed by atoms with Gasteiger partial charge in [0.25, 0.3) is 11.7 Å². The van der Waals surface area contributed by atoms with Crippen LogP contribution in [0.1, 0.15) is 43.0 Å². The number of likely N-dealkylation sites (tertiary alicyclic amines) is 1. The molecule has 0 aromatic heterocycles. The zero-order valence-corrected chi connectivity index (χ0v) is 20.7. The second kappa shape index (κ2) is 11.1. The van der Waals surface area contributed by atoms with Crippen molar-refractivity contribution in [2.75, 3.05) is 39.4 Å². The van der Waals surface area contributed by atoms with E-state index in [4.69, 9.17) is 9.47 Å². The molecule has 0 unspecified atom stereocenters. The van der Waals surface area contributed by atoms with Gasteiger partial charge in [-0.3, -0.25) is 14.5 Å². The van der Waals surface area contributed by atoms with E-state index in [0.717, 1.165) is 37.2 Å². The maximum atomic E-state index is 13.2. The Balaban J connectivity index is 1.66. The lowest BCUT2D eigenvalue weighted by Crippen LogP contribution is -2.38. The molecule has 4 rings (SSSR count). The summed E-state index contributed by atoms with van der Waals surface area (Å²) >= 11 is 0. The van der Waals surface area contributed by atoms with E-state index in [1.165, 1.54) is 0 Å². The Morgan fingerprint density at radius 3 is 2.31 bits per heavy atom. The number of benzene rings is 2. The molecule has 2 aromatic rings. The zero-order chi connectivity index (χ0) is 24.9. The van der Waals surface area contributed by atoms with E-state index in [2.05, 4.69) is 4.90 Å². The molecule has 2 aliphatic rings. The molecule has 0 spiro atoms. The largest absolute Gasteiger partial charge is 0.507 e. The van der Waals surface area contributed by atoms with Crippen LogP contribution in [0.25, 0.3) is 5.76 Å². The minimum Gasteiger partial charge on any atom is -0.507 e. The maximum absolute atomic E-state index is 13.2. The number of nitrogens with zero attached hydrogens (tertiary/aromatic N) is 2. The monoisotopic (exact) mass is 478 g/mol. The molecule has 7 heteroatoms. The summed E-state index contributed by atoms with van der Waals surface area (Å²) in [7, 11) is 0. The quantitative estimate of drug-likeness (QED) is 0.352. The topological polar surface area (TPSA) is 79.3 Å². The fourth-order valence-corrected chi connectivity index (χ4v) is 4.61. The molecular weight excluding hydrogens is 444 g/mol. The Morgan fingerprint density at radius 1 is 1.03 bits per heavy atom. The average Bonchev–Trinajstić information content (AvgIpc) is 3.10. The highest BCUT2D eigenvalue weighted by Crippen LogP contribution is 2.40. The van der Waals surface area contributed by atoms with E-state index in [0.29, 0.717) is 31.1 Å². The minimum absolute atomic E-state index is 0.0354. The number of rotatable bonds is 8. The van der Waals surface area contributed by atoms with Gasteiger partial charge in [-0.1, -0.05) is 42.0 Å². The number of hydrogen-bond donors (Lipinski definition) is 1. The van der Waals surface area contributed by atoms with Crippen molar-refractivity contribution in [3.05, 3.63) is 70.8 Å². The first kappa shape index (κ1) is 24.9. The number of Topliss-reactive ketones (excluding diaryl/α,β-unsaturated/α-hetero) is 1. The number of amides is 1. The Bertz CT molecular complexity index is 1070. The number of carbonyl (C=O) groups is 2. The van der Waals surface area contributed by atoms with Crippen molar-refractivity contribution in [2.45, 2.75) is 39.3 Å². The smallest absolute Gasteiger partial charge is 0.295 e. The summed E-state index contributed by atoms with van der Waals surface area (Å²) in [5.41, 5.74) is 2.46. The lowest BCUT2D eigenvalue weighted by atomic mass is 9.95. The Hall–Kier alpha value is -3.16. The van der Waals surface area contributed by atoms with Gasteiger partial charge in [-0.05, 0) is 44.9 Å². The Kier molecular flexibility index (Phi) is 7.88. The van der Waals surface area contributed by atoms with Gasteiger partial charge in [-0.15, -0.1) is 0 Å². The number of hydrogen-bond acceptors (Lipinski definition) is 6. The van der Waals surface area contributed by atoms with Gasteiger partial charge in [0, 0.05) is 31.7 Å². The lowest BCUT2D eigenvalue weighted by Gasteiger charge is -2.29. The van der Waals surface area contributed by atoms with Gasteiger partial charge < -0.3 is 19.5 Å². The average molecular weight is 479 g/mol. The number of aliphatic hydroxyl groups excluding tert-OH is 1. The Labute approximate surface area is 206 Å². The van der Waals surface area contributed by atoms with Gasteiger partial charge in [0.1, 0.15) is 11.5 Å². The summed E-state index contributed by atoms with van der Waals surface area (Å²) in [4.78, 5) is 30.3. The molecule has 1 atom stereocenters. The predicted molar refractivity (Wildman–Crippen MR) is 134 cm³/mol. The van der Waals surface area contributed by atoms with Gasteiger partial charge in [0.15, 0.2) is 0 Å². The summed E-state index contributed by atoms with van der Waals surface area (Å²) in [5, 5.41) is 11.2. The molecule has 35 heavy (non-hydrogen) atoms. The molecule has 7 nitrogen and oxygen atoms in total. The van der Waals surface area contributed by atoms with Crippen LogP contribution in [-0.2, 0) is 14.3 Å². The van der Waals surface area contributed by atoms with Crippen LogP contribution in [-0.4, -0.2) is 72.1 Å². The minimum atomic E-state index is -0.658. The van der Waals surface area contributed by atoms with Crippen molar-refractivity contribution in [1.29, 1.82) is 0 Å². The highest BCUT2D eigenvalue weighted by Gasteiger charge is 2.45. The van der Waals surface area contributed by atoms with Gasteiger partial charge >= 0.3 is 0 Å². The lowest BCUT2D eigenvalue weighted by molar-refractivity contribution is -0.140. The molecule has 0 saturated carbocycles. The van der Waals surface area contributed by atoms with Crippen LogP contribution in [0.15, 0.2) is 54.1 Å². The van der Waals surface area contributed by atoms with Crippen molar-refractivity contribution >= 4 is 17.4 Å². The highest BCUT2D eigenvalue weighted by molar-refractivity contribution is 6.46. The standard InChI is InChI=1S/C28H34N2O5/c1-19(2)35-23-11-9-21(10-12-23)25-24(26(31)22-7-5-20(3)6-8-22)27(32)28(33)30(25)14-4-13-29-15-17-34-18-16-29/h5-12,19,25,31H,4,13-18H2,1-3H3/t25-/m0/s1. The van der Waals surface area contributed by atoms with Gasteiger partial charge in [0.05, 0.1) is 30.9 Å². The van der Waals surface area contributed by atoms with Gasteiger partial charge in [-0.25, -0.2) is 0 Å². The fourth-order valence-electron chi connectivity index (χ4n) is 4.61. The van der Waals surface area contributed by atoms with Crippen molar-refractivity contribution < 1.29 is 24.2 Å². The van der Waals surface area contributed by atoms with E-state index in [1.807, 2.05) is 57.2 Å². The van der Waals surface area contributed by atoms with Crippen molar-refractivity contribution in [1.82, 2.24) is 9.80 Å². The fraction of sp³-hybridized carbons (Fsp3) is 0.429. The van der Waals surface area contributed by atoms with Crippen LogP contribution in [0.3, 0.4) is 0 Å². The zero-order valence-electron chi connectivity index (χ0n) is 20.7. The summed E-state index contributed by atoms with van der Waals surface area (Å²) in [6, 6.07) is 14.1. The number of ketones is 1. The molecular formula is C28H34N2O5. The van der Waals surface area contributed by atoms with E-state index in [-0.39, 0.29) is 17.4 Å². The number of aliphatic hydroxyl groups is 1. The highest BCUT2D eigenvalue weighted by atomic mass is 16.5. The normalized spacial score (nSPS) is 20.6. The summed E-state index contributed by atoms with van der Waals surface area (Å²) in [6.45, 7) is 10.3. The third kappa shape index (κ3) is 5.74. The second-order valence-electron chi connectivity index (χ2n) is 9.40. The summed E-state index contributed by atoms with van der Waals surface area (Å²) < 4.78 is 11.2. The number of carbonyl (C=O) groups excluding carboxylic acids is 2. The Morgan fingerprint density at radius 2 is 1.69 bits per heavy atom. The van der Waals surface area contributed by atoms with Crippen molar-refractivity contribution in [3.8, 4) is 5.75 Å². The molecule has 2 aliphatic heterocycles. The molecule has 2 heterocycles.